The fourth-order valence-electron chi connectivity index (χ4n) is 1.67. The number of hydrogen-bond donors (Lipinski definition) is 0. The molecule has 4 heteroatoms. The minimum absolute atomic E-state index is 0.0446. The van der Waals surface area contributed by atoms with Crippen molar-refractivity contribution in [1.29, 1.82) is 0 Å². The molecule has 1 saturated heterocycles. The van der Waals surface area contributed by atoms with Crippen LogP contribution >= 0.6 is 0 Å². The van der Waals surface area contributed by atoms with Gasteiger partial charge in [0.15, 0.2) is 0 Å². The maximum atomic E-state index is 11.6. The third-order valence-corrected chi connectivity index (χ3v) is 2.25. The van der Waals surface area contributed by atoms with Crippen LogP contribution in [0.3, 0.4) is 0 Å². The zero-order valence-corrected chi connectivity index (χ0v) is 8.41. The first-order valence-electron chi connectivity index (χ1n) is 4.62. The molecule has 0 aliphatic carbocycles. The second-order valence-electron chi connectivity index (χ2n) is 3.58. The molecule has 0 radical (unpaired) electrons. The third-order valence-electron chi connectivity index (χ3n) is 2.25. The Morgan fingerprint density at radius 2 is 2.08 bits per heavy atom. The molecule has 1 atom stereocenters. The molecule has 13 heavy (non-hydrogen) atoms. The highest BCUT2D eigenvalue weighted by molar-refractivity contribution is 6.02. The summed E-state index contributed by atoms with van der Waals surface area (Å²) in [6.45, 7) is 2.02. The molecule has 1 aliphatic heterocycles. The lowest BCUT2D eigenvalue weighted by atomic mass is 10.0. The van der Waals surface area contributed by atoms with Gasteiger partial charge < -0.3 is 0 Å². The van der Waals surface area contributed by atoms with Gasteiger partial charge in [0.25, 0.3) is 0 Å². The van der Waals surface area contributed by atoms with Crippen LogP contribution in [-0.2, 0) is 9.59 Å². The Labute approximate surface area is 78.5 Å². The molecule has 0 saturated carbocycles. The normalized spacial score (nSPS) is 23.4. The number of nitrogens with zero attached hydrogens (tertiary/aromatic N) is 2. The molecule has 0 aromatic carbocycles. The second kappa shape index (κ2) is 3.87. The molecule has 4 nitrogen and oxygen atoms in total. The van der Waals surface area contributed by atoms with Gasteiger partial charge >= 0.3 is 0 Å². The largest absolute Gasteiger partial charge is 0.273 e. The van der Waals surface area contributed by atoms with Crippen LogP contribution in [-0.4, -0.2) is 35.9 Å². The van der Waals surface area contributed by atoms with Crippen LogP contribution in [0, 0.1) is 5.92 Å². The molecule has 0 bridgehead atoms. The summed E-state index contributed by atoms with van der Waals surface area (Å²) >= 11 is 0. The third kappa shape index (κ3) is 1.88. The fourth-order valence-corrected chi connectivity index (χ4v) is 1.67. The number of imide groups is 1. The quantitative estimate of drug-likeness (QED) is 0.604. The summed E-state index contributed by atoms with van der Waals surface area (Å²) < 4.78 is 0. The average molecular weight is 184 g/mol. The smallest absolute Gasteiger partial charge is 0.247 e. The van der Waals surface area contributed by atoms with Crippen molar-refractivity contribution < 1.29 is 9.59 Å². The van der Waals surface area contributed by atoms with E-state index in [0.29, 0.717) is 6.42 Å². The van der Waals surface area contributed by atoms with Gasteiger partial charge in [0.2, 0.25) is 11.8 Å². The number of hydrazine groups is 1. The maximum absolute atomic E-state index is 11.6. The van der Waals surface area contributed by atoms with E-state index in [1.54, 1.807) is 19.1 Å². The molecule has 74 valence electrons. The van der Waals surface area contributed by atoms with Gasteiger partial charge in [-0.05, 0) is 6.42 Å². The summed E-state index contributed by atoms with van der Waals surface area (Å²) in [6, 6.07) is 0. The molecule has 0 aromatic rings. The van der Waals surface area contributed by atoms with Gasteiger partial charge in [-0.25, -0.2) is 10.0 Å². The summed E-state index contributed by atoms with van der Waals surface area (Å²) in [5.74, 6) is -0.204. The Morgan fingerprint density at radius 3 is 2.46 bits per heavy atom. The van der Waals surface area contributed by atoms with E-state index in [1.807, 2.05) is 6.92 Å². The first-order valence-corrected chi connectivity index (χ1v) is 4.62. The lowest BCUT2D eigenvalue weighted by Gasteiger charge is -2.21. The lowest BCUT2D eigenvalue weighted by Crippen LogP contribution is -2.41. The first-order chi connectivity index (χ1) is 6.07. The summed E-state index contributed by atoms with van der Waals surface area (Å²) in [5, 5.41) is 2.79. The zero-order chi connectivity index (χ0) is 10.0. The summed E-state index contributed by atoms with van der Waals surface area (Å²) in [4.78, 5) is 23.0. The summed E-state index contributed by atoms with van der Waals surface area (Å²) in [5.41, 5.74) is 0. The molecule has 1 fully saturated rings. The van der Waals surface area contributed by atoms with Crippen molar-refractivity contribution in [3.05, 3.63) is 0 Å². The highest BCUT2D eigenvalue weighted by Gasteiger charge is 2.39. The molecule has 1 heterocycles. The summed E-state index contributed by atoms with van der Waals surface area (Å²) in [6.07, 6.45) is 2.14. The molecule has 0 aromatic heterocycles. The van der Waals surface area contributed by atoms with Crippen molar-refractivity contribution in [1.82, 2.24) is 10.0 Å². The van der Waals surface area contributed by atoms with E-state index in [0.717, 1.165) is 12.8 Å². The number of amides is 2. The van der Waals surface area contributed by atoms with Crippen molar-refractivity contribution in [2.24, 2.45) is 5.92 Å². The predicted octanol–water partition coefficient (Wildman–Crippen LogP) is 0.638. The van der Waals surface area contributed by atoms with Crippen LogP contribution in [0.25, 0.3) is 0 Å². The van der Waals surface area contributed by atoms with Gasteiger partial charge in [-0.2, -0.15) is 0 Å². The average Bonchev–Trinajstić information content (AvgIpc) is 2.28. The highest BCUT2D eigenvalue weighted by atomic mass is 16.2. The van der Waals surface area contributed by atoms with E-state index in [-0.39, 0.29) is 17.7 Å². The van der Waals surface area contributed by atoms with Gasteiger partial charge in [0.1, 0.15) is 0 Å². The van der Waals surface area contributed by atoms with Gasteiger partial charge in [-0.3, -0.25) is 9.59 Å². The molecule has 2 amide bonds. The minimum atomic E-state index is -0.0834. The molecule has 0 N–H and O–H groups in total. The highest BCUT2D eigenvalue weighted by Crippen LogP contribution is 2.23. The monoisotopic (exact) mass is 184 g/mol. The van der Waals surface area contributed by atoms with Crippen molar-refractivity contribution >= 4 is 11.8 Å². The van der Waals surface area contributed by atoms with Crippen molar-refractivity contribution in [2.45, 2.75) is 26.2 Å². The van der Waals surface area contributed by atoms with Crippen LogP contribution in [0.15, 0.2) is 0 Å². The summed E-state index contributed by atoms with van der Waals surface area (Å²) in [7, 11) is 3.42. The predicted molar refractivity (Wildman–Crippen MR) is 48.6 cm³/mol. The van der Waals surface area contributed by atoms with Crippen molar-refractivity contribution in [3.63, 3.8) is 0 Å². The molecule has 0 spiro atoms. The van der Waals surface area contributed by atoms with E-state index in [1.165, 1.54) is 5.01 Å². The van der Waals surface area contributed by atoms with Crippen LogP contribution in [0.5, 0.6) is 0 Å². The van der Waals surface area contributed by atoms with E-state index in [9.17, 15) is 9.59 Å². The molecule has 1 unspecified atom stereocenters. The Morgan fingerprint density at radius 1 is 1.46 bits per heavy atom. The van der Waals surface area contributed by atoms with E-state index >= 15 is 0 Å². The van der Waals surface area contributed by atoms with E-state index in [2.05, 4.69) is 0 Å². The number of rotatable bonds is 3. The second-order valence-corrected chi connectivity index (χ2v) is 3.58. The topological polar surface area (TPSA) is 40.6 Å². The van der Waals surface area contributed by atoms with Crippen LogP contribution < -0.4 is 0 Å². The minimum Gasteiger partial charge on any atom is -0.273 e. The van der Waals surface area contributed by atoms with Crippen LogP contribution in [0.1, 0.15) is 26.2 Å². The molecular weight excluding hydrogens is 168 g/mol. The molecular formula is C9H16N2O2. The number of carbonyl (C=O) groups excluding carboxylic acids is 2. The molecule has 1 aliphatic rings. The van der Waals surface area contributed by atoms with Gasteiger partial charge in [-0.15, -0.1) is 0 Å². The Bertz CT molecular complexity index is 226. The lowest BCUT2D eigenvalue weighted by molar-refractivity contribution is -0.153. The SMILES string of the molecule is CCCC1CC(=O)N(N(C)C)C1=O. The van der Waals surface area contributed by atoms with Gasteiger partial charge in [0, 0.05) is 26.4 Å². The standard InChI is InChI=1S/C9H16N2O2/c1-4-5-7-6-8(12)11(9(7)13)10(2)3/h7H,4-6H2,1-3H3. The molecule has 1 rings (SSSR count). The number of carbonyl (C=O) groups is 2. The van der Waals surface area contributed by atoms with E-state index < -0.39 is 0 Å². The Kier molecular flexibility index (Phi) is 3.03. The fraction of sp³-hybridized carbons (Fsp3) is 0.778. The van der Waals surface area contributed by atoms with Crippen molar-refractivity contribution in [2.75, 3.05) is 14.1 Å². The van der Waals surface area contributed by atoms with Crippen LogP contribution in [0.4, 0.5) is 0 Å². The van der Waals surface area contributed by atoms with Crippen molar-refractivity contribution in [3.8, 4) is 0 Å². The zero-order valence-electron chi connectivity index (χ0n) is 8.41. The maximum Gasteiger partial charge on any atom is 0.247 e. The van der Waals surface area contributed by atoms with E-state index in [4.69, 9.17) is 0 Å². The number of hydrogen-bond acceptors (Lipinski definition) is 3. The Hall–Kier alpha value is -0.900. The first kappa shape index (κ1) is 10.2. The Balaban J connectivity index is 2.70. The van der Waals surface area contributed by atoms with Gasteiger partial charge in [-0.1, -0.05) is 13.3 Å². The van der Waals surface area contributed by atoms with Crippen LogP contribution in [0.2, 0.25) is 0 Å². The van der Waals surface area contributed by atoms with Gasteiger partial charge in [0.05, 0.1) is 0 Å².